The molecule has 0 saturated heterocycles. The highest BCUT2D eigenvalue weighted by Crippen LogP contribution is 2.23. The van der Waals surface area contributed by atoms with Crippen LogP contribution in [0.5, 0.6) is 0 Å². The van der Waals surface area contributed by atoms with Crippen LogP contribution in [-0.4, -0.2) is 36.6 Å². The summed E-state index contributed by atoms with van der Waals surface area (Å²) in [7, 11) is 0. The fourth-order valence-corrected chi connectivity index (χ4v) is 3.11. The highest BCUT2D eigenvalue weighted by Gasteiger charge is 2.10. The van der Waals surface area contributed by atoms with Gasteiger partial charge in [0, 0.05) is 36.1 Å². The Balaban J connectivity index is 0.00000450. The Hall–Kier alpha value is -1.55. The average molecular weight is 565 g/mol. The maximum atomic E-state index is 12.0. The van der Waals surface area contributed by atoms with E-state index in [1.807, 2.05) is 37.3 Å². The van der Waals surface area contributed by atoms with Gasteiger partial charge in [-0.25, -0.2) is 0 Å². The lowest BCUT2D eigenvalue weighted by Gasteiger charge is -2.14. The minimum absolute atomic E-state index is 0. The summed E-state index contributed by atoms with van der Waals surface area (Å²) < 4.78 is 0. The molecule has 0 aliphatic rings. The highest BCUT2D eigenvalue weighted by atomic mass is 127. The first-order valence-corrected chi connectivity index (χ1v) is 10.2. The molecule has 2 aromatic rings. The molecule has 9 heteroatoms. The van der Waals surface area contributed by atoms with E-state index in [-0.39, 0.29) is 36.4 Å². The number of carbonyl (C=O) groups is 1. The Morgan fingerprint density at radius 3 is 2.37 bits per heavy atom. The van der Waals surface area contributed by atoms with Gasteiger partial charge in [-0.1, -0.05) is 53.5 Å². The van der Waals surface area contributed by atoms with Crippen LogP contribution in [0.15, 0.2) is 53.5 Å². The number of hydrogen-bond donors (Lipinski definition) is 4. The van der Waals surface area contributed by atoms with Gasteiger partial charge in [-0.05, 0) is 36.2 Å². The average Bonchev–Trinajstić information content (AvgIpc) is 2.70. The molecule has 0 radical (unpaired) electrons. The van der Waals surface area contributed by atoms with E-state index in [1.165, 1.54) is 0 Å². The summed E-state index contributed by atoms with van der Waals surface area (Å²) in [4.78, 5) is 16.4. The topological polar surface area (TPSA) is 85.8 Å². The number of carbonyl (C=O) groups excluding carboxylic acids is 1. The third-order valence-electron chi connectivity index (χ3n) is 4.01. The van der Waals surface area contributed by atoms with Crippen LogP contribution in [0.3, 0.4) is 0 Å². The van der Waals surface area contributed by atoms with Crippen molar-refractivity contribution in [3.05, 3.63) is 69.7 Å². The Kier molecular flexibility index (Phi) is 12.8. The second kappa shape index (κ2) is 14.5. The van der Waals surface area contributed by atoms with E-state index in [2.05, 4.69) is 20.9 Å². The number of aliphatic hydroxyl groups is 1. The monoisotopic (exact) mass is 564 g/mol. The molecule has 0 bridgehead atoms. The number of amides is 1. The number of benzene rings is 2. The number of guanidine groups is 1. The van der Waals surface area contributed by atoms with E-state index in [0.29, 0.717) is 47.6 Å². The number of nitrogens with zero attached hydrogens (tertiary/aromatic N) is 1. The van der Waals surface area contributed by atoms with Crippen molar-refractivity contribution in [1.82, 2.24) is 16.0 Å². The van der Waals surface area contributed by atoms with Gasteiger partial charge < -0.3 is 21.1 Å². The zero-order chi connectivity index (χ0) is 21.1. The van der Waals surface area contributed by atoms with Crippen molar-refractivity contribution in [3.8, 4) is 0 Å². The van der Waals surface area contributed by atoms with Crippen molar-refractivity contribution in [2.75, 3.05) is 19.6 Å². The van der Waals surface area contributed by atoms with Gasteiger partial charge in [-0.15, -0.1) is 24.0 Å². The Labute approximate surface area is 204 Å². The van der Waals surface area contributed by atoms with Gasteiger partial charge in [-0.2, -0.15) is 0 Å². The zero-order valence-corrected chi connectivity index (χ0v) is 20.5. The smallest absolute Gasteiger partial charge is 0.222 e. The van der Waals surface area contributed by atoms with Crippen LogP contribution in [0.25, 0.3) is 0 Å². The first kappa shape index (κ1) is 26.5. The number of aliphatic hydroxyl groups excluding tert-OH is 1. The first-order chi connectivity index (χ1) is 14.0. The molecule has 4 N–H and O–H groups in total. The molecule has 30 heavy (non-hydrogen) atoms. The van der Waals surface area contributed by atoms with Gasteiger partial charge in [0.2, 0.25) is 5.91 Å². The third-order valence-corrected chi connectivity index (χ3v) is 4.45. The van der Waals surface area contributed by atoms with E-state index in [9.17, 15) is 9.90 Å². The minimum atomic E-state index is -0.837. The number of halogens is 3. The lowest BCUT2D eigenvalue weighted by Crippen LogP contribution is -2.39. The molecule has 164 valence electrons. The number of aliphatic imine (C=N–C) groups is 1. The summed E-state index contributed by atoms with van der Waals surface area (Å²) in [6.07, 6.45) is -0.528. The number of nitrogens with one attached hydrogen (secondary N) is 3. The number of hydrogen-bond acceptors (Lipinski definition) is 3. The van der Waals surface area contributed by atoms with Gasteiger partial charge in [0.25, 0.3) is 0 Å². The van der Waals surface area contributed by atoms with E-state index in [1.54, 1.807) is 18.2 Å². The molecule has 2 aromatic carbocycles. The van der Waals surface area contributed by atoms with Crippen LogP contribution in [0.1, 0.15) is 30.6 Å². The van der Waals surface area contributed by atoms with Crippen LogP contribution in [-0.2, 0) is 11.3 Å². The molecule has 0 fully saturated rings. The Morgan fingerprint density at radius 2 is 1.73 bits per heavy atom. The third kappa shape index (κ3) is 9.97. The molecule has 1 unspecified atom stereocenters. The highest BCUT2D eigenvalue weighted by molar-refractivity contribution is 14.0. The van der Waals surface area contributed by atoms with Crippen LogP contribution in [0.4, 0.5) is 0 Å². The number of rotatable bonds is 9. The molecule has 0 aliphatic carbocycles. The molecule has 0 spiro atoms. The Morgan fingerprint density at radius 1 is 1.07 bits per heavy atom. The minimum Gasteiger partial charge on any atom is -0.386 e. The zero-order valence-electron chi connectivity index (χ0n) is 16.7. The van der Waals surface area contributed by atoms with Gasteiger partial charge >= 0.3 is 0 Å². The normalized spacial score (nSPS) is 11.9. The summed E-state index contributed by atoms with van der Waals surface area (Å²) in [5.41, 5.74) is 1.65. The van der Waals surface area contributed by atoms with Gasteiger partial charge in [-0.3, -0.25) is 9.79 Å². The van der Waals surface area contributed by atoms with E-state index in [4.69, 9.17) is 23.2 Å². The quantitative estimate of drug-likeness (QED) is 0.211. The summed E-state index contributed by atoms with van der Waals surface area (Å²) in [5, 5.41) is 20.3. The van der Waals surface area contributed by atoms with E-state index in [0.717, 1.165) is 5.56 Å². The standard InChI is InChI=1S/C21H26Cl2N4O2.HI/c1-2-24-21(27-14-19(28)16-10-17(22)12-18(23)11-16)25-9-8-20(29)26-13-15-6-4-3-5-7-15;/h3-7,10-12,19,28H,2,8-9,13-14H2,1H3,(H,26,29)(H2,24,25,27);1H. The predicted octanol–water partition coefficient (Wildman–Crippen LogP) is 3.91. The second-order valence-corrected chi connectivity index (χ2v) is 7.25. The van der Waals surface area contributed by atoms with Gasteiger partial charge in [0.15, 0.2) is 5.96 Å². The van der Waals surface area contributed by atoms with Crippen molar-refractivity contribution in [1.29, 1.82) is 0 Å². The lowest BCUT2D eigenvalue weighted by atomic mass is 10.1. The van der Waals surface area contributed by atoms with Crippen molar-refractivity contribution >= 4 is 59.0 Å². The van der Waals surface area contributed by atoms with Gasteiger partial charge in [0.1, 0.15) is 0 Å². The van der Waals surface area contributed by atoms with Crippen molar-refractivity contribution < 1.29 is 9.90 Å². The molecule has 1 atom stereocenters. The fourth-order valence-electron chi connectivity index (χ4n) is 2.57. The van der Waals surface area contributed by atoms with E-state index < -0.39 is 6.10 Å². The molecule has 0 saturated carbocycles. The second-order valence-electron chi connectivity index (χ2n) is 6.38. The molecule has 6 nitrogen and oxygen atoms in total. The summed E-state index contributed by atoms with van der Waals surface area (Å²) in [6.45, 7) is 3.65. The predicted molar refractivity (Wildman–Crippen MR) is 134 cm³/mol. The Bertz CT molecular complexity index is 802. The molecular weight excluding hydrogens is 538 g/mol. The summed E-state index contributed by atoms with van der Waals surface area (Å²) in [6, 6.07) is 14.7. The lowest BCUT2D eigenvalue weighted by molar-refractivity contribution is -0.121. The van der Waals surface area contributed by atoms with Crippen molar-refractivity contribution in [2.45, 2.75) is 26.0 Å². The summed E-state index contributed by atoms with van der Waals surface area (Å²) in [5.74, 6) is 0.473. The van der Waals surface area contributed by atoms with Crippen LogP contribution >= 0.6 is 47.2 Å². The van der Waals surface area contributed by atoms with Gasteiger partial charge in [0.05, 0.1) is 12.6 Å². The molecule has 0 aliphatic heterocycles. The van der Waals surface area contributed by atoms with E-state index >= 15 is 0 Å². The molecule has 2 rings (SSSR count). The summed E-state index contributed by atoms with van der Waals surface area (Å²) >= 11 is 12.0. The molecule has 0 heterocycles. The van der Waals surface area contributed by atoms with Crippen LogP contribution in [0, 0.1) is 0 Å². The molecular formula is C21H27Cl2IN4O2. The SMILES string of the molecule is CCNC(=NCC(O)c1cc(Cl)cc(Cl)c1)NCCC(=O)NCc1ccccc1.I. The maximum absolute atomic E-state index is 12.0. The first-order valence-electron chi connectivity index (χ1n) is 9.44. The maximum Gasteiger partial charge on any atom is 0.222 e. The van der Waals surface area contributed by atoms with Crippen molar-refractivity contribution in [2.24, 2.45) is 4.99 Å². The molecule has 0 aromatic heterocycles. The van der Waals surface area contributed by atoms with Crippen molar-refractivity contribution in [3.63, 3.8) is 0 Å². The van der Waals surface area contributed by atoms with Crippen LogP contribution < -0.4 is 16.0 Å². The van der Waals surface area contributed by atoms with Crippen LogP contribution in [0.2, 0.25) is 10.0 Å². The largest absolute Gasteiger partial charge is 0.386 e. The fraction of sp³-hybridized carbons (Fsp3) is 0.333. The molecule has 1 amide bonds.